The monoisotopic (exact) mass is 584 g/mol. The highest BCUT2D eigenvalue weighted by Crippen LogP contribution is 2.42. The number of fused-ring (bicyclic) bond motifs is 1. The fourth-order valence-electron chi connectivity index (χ4n) is 2.95. The molecule has 2 N–H and O–H groups in total. The molecule has 0 spiro atoms. The van der Waals surface area contributed by atoms with Gasteiger partial charge in [-0.3, -0.25) is 9.59 Å². The number of aryl methyl sites for hydroxylation is 1. The van der Waals surface area contributed by atoms with Gasteiger partial charge in [-0.25, -0.2) is 4.98 Å². The fourth-order valence-corrected chi connectivity index (χ4v) is 3.96. The number of primary amides is 1. The number of amides is 1. The summed E-state index contributed by atoms with van der Waals surface area (Å²) in [6.07, 6.45) is 2.84. The number of hydrogen-bond acceptors (Lipinski definition) is 6. The van der Waals surface area contributed by atoms with Crippen molar-refractivity contribution in [1.82, 2.24) is 9.66 Å². The molecule has 3 aromatic rings. The Morgan fingerprint density at radius 3 is 2.75 bits per heavy atom. The smallest absolute Gasteiger partial charge is 0.282 e. The maximum atomic E-state index is 13.1. The quantitative estimate of drug-likeness (QED) is 0.397. The van der Waals surface area contributed by atoms with Crippen LogP contribution in [0.2, 0.25) is 5.02 Å². The number of nitrogens with two attached hydrogens (primary N) is 1. The molecule has 1 heterocycles. The molecule has 0 aliphatic heterocycles. The van der Waals surface area contributed by atoms with Gasteiger partial charge in [0.15, 0.2) is 18.1 Å². The zero-order valence-electron chi connectivity index (χ0n) is 17.2. The van der Waals surface area contributed by atoms with Crippen molar-refractivity contribution in [1.29, 1.82) is 0 Å². The van der Waals surface area contributed by atoms with E-state index >= 15 is 0 Å². The molecular formula is C21H19Br2ClN4O4. The number of halogens is 3. The van der Waals surface area contributed by atoms with E-state index in [1.165, 1.54) is 18.0 Å². The number of nitrogens with zero attached hydrogens (tertiary/aromatic N) is 3. The van der Waals surface area contributed by atoms with E-state index in [2.05, 4.69) is 41.9 Å². The SMILES string of the molecule is CCCc1nc2ccc(Br)cc2c(=O)n1N=Cc1cc(OC)c(OCC(N)=O)c(Cl)c1Br. The molecule has 0 radical (unpaired) electrons. The molecule has 0 aliphatic rings. The first-order valence-corrected chi connectivity index (χ1v) is 11.5. The van der Waals surface area contributed by atoms with Gasteiger partial charge in [0, 0.05) is 20.9 Å². The van der Waals surface area contributed by atoms with E-state index in [0.29, 0.717) is 33.2 Å². The van der Waals surface area contributed by atoms with Crippen LogP contribution in [0.1, 0.15) is 24.7 Å². The van der Waals surface area contributed by atoms with E-state index in [4.69, 9.17) is 26.8 Å². The van der Waals surface area contributed by atoms with Crippen molar-refractivity contribution >= 4 is 66.5 Å². The van der Waals surface area contributed by atoms with E-state index in [9.17, 15) is 9.59 Å². The van der Waals surface area contributed by atoms with Crippen molar-refractivity contribution in [2.45, 2.75) is 19.8 Å². The normalized spacial score (nSPS) is 11.3. The highest BCUT2D eigenvalue weighted by atomic mass is 79.9. The number of benzene rings is 2. The lowest BCUT2D eigenvalue weighted by Crippen LogP contribution is -2.22. The number of hydrogen-bond donors (Lipinski definition) is 1. The van der Waals surface area contributed by atoms with Crippen LogP contribution in [0.25, 0.3) is 10.9 Å². The first-order chi connectivity index (χ1) is 15.3. The van der Waals surface area contributed by atoms with Crippen molar-refractivity contribution in [2.24, 2.45) is 10.8 Å². The lowest BCUT2D eigenvalue weighted by atomic mass is 10.2. The third-order valence-corrected chi connectivity index (χ3v) is 6.33. The van der Waals surface area contributed by atoms with Gasteiger partial charge in [-0.15, -0.1) is 0 Å². The first kappa shape index (κ1) is 24.2. The van der Waals surface area contributed by atoms with Crippen molar-refractivity contribution in [3.8, 4) is 11.5 Å². The lowest BCUT2D eigenvalue weighted by Gasteiger charge is -2.14. The van der Waals surface area contributed by atoms with Gasteiger partial charge in [0.05, 0.1) is 24.2 Å². The fraction of sp³-hybridized carbons (Fsp3) is 0.238. The van der Waals surface area contributed by atoms with E-state index in [1.54, 1.807) is 18.2 Å². The minimum atomic E-state index is -0.650. The summed E-state index contributed by atoms with van der Waals surface area (Å²) >= 11 is 13.2. The number of aromatic nitrogens is 2. The summed E-state index contributed by atoms with van der Waals surface area (Å²) in [6, 6.07) is 6.96. The van der Waals surface area contributed by atoms with E-state index in [0.717, 1.165) is 10.9 Å². The predicted molar refractivity (Wildman–Crippen MR) is 131 cm³/mol. The standard InChI is InChI=1S/C21H19Br2ClN4O4/c1-3-4-17-27-14-6-5-12(22)8-13(14)21(30)28(17)26-9-11-7-15(31-2)20(19(24)18(11)23)32-10-16(25)29/h5-9H,3-4,10H2,1-2H3,(H2,25,29). The summed E-state index contributed by atoms with van der Waals surface area (Å²) < 4.78 is 13.2. The Morgan fingerprint density at radius 2 is 2.09 bits per heavy atom. The van der Waals surface area contributed by atoms with Gasteiger partial charge in [0.2, 0.25) is 0 Å². The third kappa shape index (κ3) is 5.13. The number of ether oxygens (including phenoxy) is 2. The van der Waals surface area contributed by atoms with Crippen LogP contribution in [0.5, 0.6) is 11.5 Å². The van der Waals surface area contributed by atoms with Gasteiger partial charge < -0.3 is 15.2 Å². The molecule has 11 heteroatoms. The number of carbonyl (C=O) groups excluding carboxylic acids is 1. The molecule has 32 heavy (non-hydrogen) atoms. The average Bonchev–Trinajstić information content (AvgIpc) is 2.76. The molecule has 0 bridgehead atoms. The van der Waals surface area contributed by atoms with Crippen molar-refractivity contribution in [3.05, 3.63) is 60.0 Å². The van der Waals surface area contributed by atoms with Gasteiger partial charge >= 0.3 is 0 Å². The molecule has 3 rings (SSSR count). The molecular weight excluding hydrogens is 568 g/mol. The second kappa shape index (κ2) is 10.5. The molecule has 1 amide bonds. The zero-order chi connectivity index (χ0) is 23.4. The second-order valence-electron chi connectivity index (χ2n) is 6.68. The molecule has 2 aromatic carbocycles. The second-order valence-corrected chi connectivity index (χ2v) is 8.77. The third-order valence-electron chi connectivity index (χ3n) is 4.40. The summed E-state index contributed by atoms with van der Waals surface area (Å²) in [4.78, 5) is 28.8. The Balaban J connectivity index is 2.11. The van der Waals surface area contributed by atoms with Gasteiger partial charge in [0.1, 0.15) is 10.8 Å². The predicted octanol–water partition coefficient (Wildman–Crippen LogP) is 4.28. The molecule has 0 unspecified atom stereocenters. The summed E-state index contributed by atoms with van der Waals surface area (Å²) in [5, 5.41) is 5.02. The Morgan fingerprint density at radius 1 is 1.34 bits per heavy atom. The number of rotatable bonds is 8. The lowest BCUT2D eigenvalue weighted by molar-refractivity contribution is -0.119. The molecule has 0 saturated heterocycles. The topological polar surface area (TPSA) is 109 Å². The summed E-state index contributed by atoms with van der Waals surface area (Å²) in [5.74, 6) is 0.336. The van der Waals surface area contributed by atoms with Crippen LogP contribution in [0.3, 0.4) is 0 Å². The van der Waals surface area contributed by atoms with Gasteiger partial charge in [-0.05, 0) is 46.6 Å². The van der Waals surface area contributed by atoms with Crippen LogP contribution < -0.4 is 20.8 Å². The highest BCUT2D eigenvalue weighted by Gasteiger charge is 2.18. The summed E-state index contributed by atoms with van der Waals surface area (Å²) in [5.41, 5.74) is 5.99. The summed E-state index contributed by atoms with van der Waals surface area (Å²) in [6.45, 7) is 1.64. The molecule has 0 aliphatic carbocycles. The van der Waals surface area contributed by atoms with Gasteiger partial charge in [-0.1, -0.05) is 34.5 Å². The van der Waals surface area contributed by atoms with Crippen LogP contribution >= 0.6 is 43.5 Å². The molecule has 0 fully saturated rings. The van der Waals surface area contributed by atoms with Crippen molar-refractivity contribution in [3.63, 3.8) is 0 Å². The molecule has 0 atom stereocenters. The minimum Gasteiger partial charge on any atom is -0.493 e. The molecule has 1 aromatic heterocycles. The zero-order valence-corrected chi connectivity index (χ0v) is 21.1. The molecule has 168 valence electrons. The van der Waals surface area contributed by atoms with Crippen LogP contribution in [0, 0.1) is 0 Å². The molecule has 0 saturated carbocycles. The van der Waals surface area contributed by atoms with E-state index < -0.39 is 5.91 Å². The Hall–Kier alpha value is -2.43. The molecule has 8 nitrogen and oxygen atoms in total. The minimum absolute atomic E-state index is 0.165. The largest absolute Gasteiger partial charge is 0.493 e. The maximum Gasteiger partial charge on any atom is 0.282 e. The first-order valence-electron chi connectivity index (χ1n) is 9.49. The van der Waals surface area contributed by atoms with E-state index in [-0.39, 0.29) is 28.7 Å². The number of methoxy groups -OCH3 is 1. The highest BCUT2D eigenvalue weighted by molar-refractivity contribution is 9.10. The Bertz CT molecular complexity index is 1280. The van der Waals surface area contributed by atoms with Crippen LogP contribution in [-0.4, -0.2) is 35.5 Å². The van der Waals surface area contributed by atoms with Crippen LogP contribution in [0.15, 0.2) is 43.1 Å². The van der Waals surface area contributed by atoms with Crippen LogP contribution in [-0.2, 0) is 11.2 Å². The van der Waals surface area contributed by atoms with Crippen molar-refractivity contribution in [2.75, 3.05) is 13.7 Å². The maximum absolute atomic E-state index is 13.1. The Kier molecular flexibility index (Phi) is 7.91. The average molecular weight is 587 g/mol. The summed E-state index contributed by atoms with van der Waals surface area (Å²) in [7, 11) is 1.44. The number of carbonyl (C=O) groups is 1. The van der Waals surface area contributed by atoms with Gasteiger partial charge in [-0.2, -0.15) is 9.78 Å². The van der Waals surface area contributed by atoms with Crippen molar-refractivity contribution < 1.29 is 14.3 Å². The van der Waals surface area contributed by atoms with Crippen LogP contribution in [0.4, 0.5) is 0 Å². The van der Waals surface area contributed by atoms with Gasteiger partial charge in [0.25, 0.3) is 11.5 Å². The van der Waals surface area contributed by atoms with E-state index in [1.807, 2.05) is 13.0 Å². The Labute approximate surface area is 205 Å².